The summed E-state index contributed by atoms with van der Waals surface area (Å²) in [5.74, 6) is -0.946. The lowest BCUT2D eigenvalue weighted by molar-refractivity contribution is 0.0195. The number of nitrogens with one attached hydrogen (secondary N) is 1. The van der Waals surface area contributed by atoms with Crippen molar-refractivity contribution in [3.8, 4) is 0 Å². The van der Waals surface area contributed by atoms with Crippen LogP contribution in [0, 0.1) is 0 Å². The van der Waals surface area contributed by atoms with Crippen molar-refractivity contribution in [1.29, 1.82) is 0 Å². The van der Waals surface area contributed by atoms with Gasteiger partial charge in [0.05, 0.1) is 11.6 Å². The number of piperazine rings is 1. The van der Waals surface area contributed by atoms with E-state index < -0.39 is 11.6 Å². The molecule has 2 rings (SSSR count). The first-order valence-electron chi connectivity index (χ1n) is 7.31. The monoisotopic (exact) mass is 306 g/mol. The summed E-state index contributed by atoms with van der Waals surface area (Å²) >= 11 is 0. The lowest BCUT2D eigenvalue weighted by Gasteiger charge is -2.35. The first kappa shape index (κ1) is 16.3. The van der Waals surface area contributed by atoms with Gasteiger partial charge in [-0.15, -0.1) is 0 Å². The SMILES string of the molecule is CC(C)(C)OC(=O)N1CCN[C@@H](c2ccc(C(=O)O)cc2)C1. The summed E-state index contributed by atoms with van der Waals surface area (Å²) in [4.78, 5) is 24.7. The Hall–Kier alpha value is -2.08. The number of amides is 1. The summed E-state index contributed by atoms with van der Waals surface area (Å²) in [5, 5.41) is 12.3. The number of rotatable bonds is 2. The first-order valence-corrected chi connectivity index (χ1v) is 7.31. The molecule has 1 aromatic carbocycles. The van der Waals surface area contributed by atoms with Crippen LogP contribution in [0.25, 0.3) is 0 Å². The fourth-order valence-electron chi connectivity index (χ4n) is 2.32. The second-order valence-electron chi connectivity index (χ2n) is 6.36. The van der Waals surface area contributed by atoms with Crippen LogP contribution in [0.15, 0.2) is 24.3 Å². The molecule has 0 aliphatic carbocycles. The zero-order valence-corrected chi connectivity index (χ0v) is 13.1. The van der Waals surface area contributed by atoms with Gasteiger partial charge in [0.25, 0.3) is 0 Å². The Bertz CT molecular complexity index is 548. The Labute approximate surface area is 130 Å². The number of carboxylic acids is 1. The summed E-state index contributed by atoms with van der Waals surface area (Å²) < 4.78 is 5.39. The number of aromatic carboxylic acids is 1. The van der Waals surface area contributed by atoms with Crippen molar-refractivity contribution >= 4 is 12.1 Å². The Morgan fingerprint density at radius 3 is 2.45 bits per heavy atom. The van der Waals surface area contributed by atoms with E-state index in [2.05, 4.69) is 5.32 Å². The molecule has 22 heavy (non-hydrogen) atoms. The highest BCUT2D eigenvalue weighted by Gasteiger charge is 2.28. The standard InChI is InChI=1S/C16H22N2O4/c1-16(2,3)22-15(21)18-9-8-17-13(10-18)11-4-6-12(7-5-11)14(19)20/h4-7,13,17H,8-10H2,1-3H3,(H,19,20)/t13-/m1/s1. The predicted molar refractivity (Wildman–Crippen MR) is 82.0 cm³/mol. The molecule has 6 heteroatoms. The van der Waals surface area contributed by atoms with Crippen LogP contribution in [0.5, 0.6) is 0 Å². The normalized spacial score (nSPS) is 18.9. The fourth-order valence-corrected chi connectivity index (χ4v) is 2.32. The molecule has 1 aliphatic rings. The van der Waals surface area contributed by atoms with Crippen LogP contribution in [0.2, 0.25) is 0 Å². The minimum absolute atomic E-state index is 0.0240. The quantitative estimate of drug-likeness (QED) is 0.876. The highest BCUT2D eigenvalue weighted by atomic mass is 16.6. The van der Waals surface area contributed by atoms with Crippen molar-refractivity contribution in [2.24, 2.45) is 0 Å². The van der Waals surface area contributed by atoms with Crippen LogP contribution < -0.4 is 5.32 Å². The van der Waals surface area contributed by atoms with Crippen LogP contribution in [-0.4, -0.2) is 47.3 Å². The molecule has 0 radical (unpaired) electrons. The third-order valence-electron chi connectivity index (χ3n) is 3.39. The van der Waals surface area contributed by atoms with Crippen LogP contribution in [0.4, 0.5) is 4.79 Å². The number of carbonyl (C=O) groups excluding carboxylic acids is 1. The summed E-state index contributed by atoms with van der Waals surface area (Å²) in [6, 6.07) is 6.68. The van der Waals surface area contributed by atoms with Crippen molar-refractivity contribution in [3.63, 3.8) is 0 Å². The minimum atomic E-state index is -0.946. The molecule has 1 fully saturated rings. The molecular formula is C16H22N2O4. The number of nitrogens with zero attached hydrogens (tertiary/aromatic N) is 1. The molecule has 0 saturated carbocycles. The molecule has 1 atom stereocenters. The third kappa shape index (κ3) is 4.21. The topological polar surface area (TPSA) is 78.9 Å². The molecule has 0 aromatic heterocycles. The molecule has 2 N–H and O–H groups in total. The number of carbonyl (C=O) groups is 2. The van der Waals surface area contributed by atoms with Crippen LogP contribution in [0.1, 0.15) is 42.7 Å². The van der Waals surface area contributed by atoms with Crippen LogP contribution in [0.3, 0.4) is 0 Å². The number of benzene rings is 1. The lowest BCUT2D eigenvalue weighted by Crippen LogP contribution is -2.49. The Kier molecular flexibility index (Phi) is 4.71. The van der Waals surface area contributed by atoms with Gasteiger partial charge in [0.2, 0.25) is 0 Å². The molecule has 120 valence electrons. The summed E-state index contributed by atoms with van der Waals surface area (Å²) in [5.41, 5.74) is 0.697. The van der Waals surface area contributed by atoms with Crippen LogP contribution >= 0.6 is 0 Å². The molecule has 0 unspecified atom stereocenters. The van der Waals surface area contributed by atoms with E-state index in [0.717, 1.165) is 5.56 Å². The Morgan fingerprint density at radius 1 is 1.27 bits per heavy atom. The van der Waals surface area contributed by atoms with E-state index in [9.17, 15) is 9.59 Å². The first-order chi connectivity index (χ1) is 10.3. The molecule has 1 amide bonds. The maximum absolute atomic E-state index is 12.1. The van der Waals surface area contributed by atoms with E-state index in [-0.39, 0.29) is 17.7 Å². The van der Waals surface area contributed by atoms with Crippen molar-refractivity contribution in [2.45, 2.75) is 32.4 Å². The minimum Gasteiger partial charge on any atom is -0.478 e. The Morgan fingerprint density at radius 2 is 1.91 bits per heavy atom. The average molecular weight is 306 g/mol. The van der Waals surface area contributed by atoms with Gasteiger partial charge >= 0.3 is 12.1 Å². The number of hydrogen-bond acceptors (Lipinski definition) is 4. The number of ether oxygens (including phenoxy) is 1. The largest absolute Gasteiger partial charge is 0.478 e. The summed E-state index contributed by atoms with van der Waals surface area (Å²) in [6.07, 6.45) is -0.318. The average Bonchev–Trinajstić information content (AvgIpc) is 2.46. The van der Waals surface area contributed by atoms with E-state index in [0.29, 0.717) is 19.6 Å². The second-order valence-corrected chi connectivity index (χ2v) is 6.36. The predicted octanol–water partition coefficient (Wildman–Crippen LogP) is 2.27. The molecule has 1 heterocycles. The van der Waals surface area contributed by atoms with Crippen molar-refractivity contribution < 1.29 is 19.4 Å². The fraction of sp³-hybridized carbons (Fsp3) is 0.500. The van der Waals surface area contributed by atoms with Crippen molar-refractivity contribution in [3.05, 3.63) is 35.4 Å². The highest BCUT2D eigenvalue weighted by Crippen LogP contribution is 2.20. The maximum Gasteiger partial charge on any atom is 0.410 e. The summed E-state index contributed by atoms with van der Waals surface area (Å²) in [7, 11) is 0. The van der Waals surface area contributed by atoms with Crippen LogP contribution in [-0.2, 0) is 4.74 Å². The molecular weight excluding hydrogens is 284 g/mol. The van der Waals surface area contributed by atoms with Gasteiger partial charge in [0.1, 0.15) is 5.60 Å². The zero-order chi connectivity index (χ0) is 16.3. The van der Waals surface area contributed by atoms with Gasteiger partial charge in [-0.05, 0) is 38.5 Å². The Balaban J connectivity index is 2.04. The number of hydrogen-bond donors (Lipinski definition) is 2. The molecule has 0 bridgehead atoms. The highest BCUT2D eigenvalue weighted by molar-refractivity contribution is 5.87. The van der Waals surface area contributed by atoms with E-state index >= 15 is 0 Å². The molecule has 1 saturated heterocycles. The molecule has 0 spiro atoms. The van der Waals surface area contributed by atoms with Gasteiger partial charge < -0.3 is 20.1 Å². The van der Waals surface area contributed by atoms with Crippen molar-refractivity contribution in [1.82, 2.24) is 10.2 Å². The van der Waals surface area contributed by atoms with Gasteiger partial charge in [-0.25, -0.2) is 9.59 Å². The van der Waals surface area contributed by atoms with Gasteiger partial charge in [-0.1, -0.05) is 12.1 Å². The van der Waals surface area contributed by atoms with Gasteiger partial charge in [-0.3, -0.25) is 0 Å². The van der Waals surface area contributed by atoms with E-state index in [1.807, 2.05) is 20.8 Å². The van der Waals surface area contributed by atoms with Gasteiger partial charge in [-0.2, -0.15) is 0 Å². The second kappa shape index (κ2) is 6.36. The lowest BCUT2D eigenvalue weighted by atomic mass is 10.0. The smallest absolute Gasteiger partial charge is 0.410 e. The van der Waals surface area contributed by atoms with Crippen molar-refractivity contribution in [2.75, 3.05) is 19.6 Å². The molecule has 1 aromatic rings. The van der Waals surface area contributed by atoms with E-state index in [1.165, 1.54) is 0 Å². The number of carboxylic acid groups (broad SMARTS) is 1. The zero-order valence-electron chi connectivity index (χ0n) is 13.1. The van der Waals surface area contributed by atoms with E-state index in [1.54, 1.807) is 29.2 Å². The molecule has 6 nitrogen and oxygen atoms in total. The summed E-state index contributed by atoms with van der Waals surface area (Å²) in [6.45, 7) is 7.30. The van der Waals surface area contributed by atoms with Gasteiger partial charge in [0.15, 0.2) is 0 Å². The molecule has 1 aliphatic heterocycles. The maximum atomic E-state index is 12.1. The third-order valence-corrected chi connectivity index (χ3v) is 3.39. The van der Waals surface area contributed by atoms with E-state index in [4.69, 9.17) is 9.84 Å². The van der Waals surface area contributed by atoms with Gasteiger partial charge in [0, 0.05) is 19.6 Å².